The predicted molar refractivity (Wildman–Crippen MR) is 85.2 cm³/mol. The van der Waals surface area contributed by atoms with Crippen LogP contribution in [0.25, 0.3) is 0 Å². The van der Waals surface area contributed by atoms with Crippen LogP contribution in [0, 0.1) is 0 Å². The minimum atomic E-state index is -0.109. The molecule has 2 rings (SSSR count). The van der Waals surface area contributed by atoms with Crippen molar-refractivity contribution < 1.29 is 19.1 Å². The summed E-state index contributed by atoms with van der Waals surface area (Å²) in [5, 5.41) is 0. The number of carbonyl (C=O) groups excluding carboxylic acids is 3. The number of rotatable bonds is 7. The second-order valence-corrected chi connectivity index (χ2v) is 4.92. The second-order valence-electron chi connectivity index (χ2n) is 4.92. The number of esters is 1. The van der Waals surface area contributed by atoms with Crippen LogP contribution in [0.1, 0.15) is 30.4 Å². The van der Waals surface area contributed by atoms with E-state index >= 15 is 0 Å². The van der Waals surface area contributed by atoms with E-state index < -0.39 is 0 Å². The minimum absolute atomic E-state index is 0.109. The van der Waals surface area contributed by atoms with Crippen molar-refractivity contribution in [3.63, 3.8) is 0 Å². The Morgan fingerprint density at radius 1 is 0.826 bits per heavy atom. The molecule has 0 aliphatic rings. The first-order valence-corrected chi connectivity index (χ1v) is 7.49. The van der Waals surface area contributed by atoms with Crippen LogP contribution in [0.2, 0.25) is 0 Å². The monoisotopic (exact) mass is 312 g/mol. The van der Waals surface area contributed by atoms with Crippen LogP contribution in [0.4, 0.5) is 0 Å². The number of unbranched alkanes of at least 4 members (excludes halogenated alkanes) is 1. The van der Waals surface area contributed by atoms with Gasteiger partial charge in [0.1, 0.15) is 6.61 Å². The largest absolute Gasteiger partial charge is 0.461 e. The quantitative estimate of drug-likeness (QED) is 0.579. The molecule has 0 aromatic heterocycles. The van der Waals surface area contributed by atoms with Gasteiger partial charge in [-0.1, -0.05) is 60.7 Å². The number of aryl methyl sites for hydroxylation is 1. The normalized spacial score (nSPS) is 9.22. The lowest BCUT2D eigenvalue weighted by atomic mass is 10.1. The number of benzene rings is 2. The molecule has 0 N–H and O–H groups in total. The maximum Gasteiger partial charge on any atom is 0.373 e. The minimum Gasteiger partial charge on any atom is -0.461 e. The zero-order chi connectivity index (χ0) is 16.8. The molecule has 0 fully saturated rings. The van der Waals surface area contributed by atoms with Gasteiger partial charge in [0.15, 0.2) is 0 Å². The van der Waals surface area contributed by atoms with Crippen LogP contribution in [0.5, 0.6) is 0 Å². The van der Waals surface area contributed by atoms with Crippen molar-refractivity contribution in [2.45, 2.75) is 32.3 Å². The van der Waals surface area contributed by atoms with Crippen LogP contribution < -0.4 is 0 Å². The third-order valence-corrected chi connectivity index (χ3v) is 3.18. The Morgan fingerprint density at radius 2 is 1.35 bits per heavy atom. The van der Waals surface area contributed by atoms with E-state index in [-0.39, 0.29) is 12.1 Å². The van der Waals surface area contributed by atoms with Gasteiger partial charge in [-0.15, -0.1) is 0 Å². The fourth-order valence-electron chi connectivity index (χ4n) is 2.05. The van der Waals surface area contributed by atoms with Gasteiger partial charge in [-0.25, -0.2) is 0 Å². The molecule has 0 aliphatic carbocycles. The Balaban J connectivity index is 0.000000816. The molecule has 0 saturated carbocycles. The highest BCUT2D eigenvalue weighted by molar-refractivity contribution is 5.69. The van der Waals surface area contributed by atoms with E-state index in [4.69, 9.17) is 14.3 Å². The van der Waals surface area contributed by atoms with Gasteiger partial charge in [-0.05, 0) is 30.4 Å². The first-order chi connectivity index (χ1) is 11.3. The van der Waals surface area contributed by atoms with E-state index in [1.54, 1.807) is 0 Å². The van der Waals surface area contributed by atoms with Crippen LogP contribution in [0.3, 0.4) is 0 Å². The van der Waals surface area contributed by atoms with Crippen molar-refractivity contribution in [3.05, 3.63) is 71.8 Å². The van der Waals surface area contributed by atoms with Crippen LogP contribution in [-0.4, -0.2) is 12.1 Å². The molecule has 0 bridgehead atoms. The highest BCUT2D eigenvalue weighted by atomic mass is 16.5. The van der Waals surface area contributed by atoms with E-state index in [9.17, 15) is 4.79 Å². The van der Waals surface area contributed by atoms with Crippen LogP contribution in [-0.2, 0) is 32.1 Å². The Kier molecular flexibility index (Phi) is 9.49. The van der Waals surface area contributed by atoms with Gasteiger partial charge < -0.3 is 4.74 Å². The molecule has 2 aromatic rings. The van der Waals surface area contributed by atoms with Crippen molar-refractivity contribution in [2.75, 3.05) is 0 Å². The van der Waals surface area contributed by atoms with Gasteiger partial charge in [0.25, 0.3) is 0 Å². The lowest BCUT2D eigenvalue weighted by Gasteiger charge is -2.05. The molecule has 0 unspecified atom stereocenters. The summed E-state index contributed by atoms with van der Waals surface area (Å²) in [5.74, 6) is -0.109. The fraction of sp³-hybridized carbons (Fsp3) is 0.263. The number of hydrogen-bond acceptors (Lipinski definition) is 4. The molecular weight excluding hydrogens is 292 g/mol. The molecule has 0 spiro atoms. The predicted octanol–water partition coefficient (Wildman–Crippen LogP) is 3.56. The maximum absolute atomic E-state index is 11.6. The first kappa shape index (κ1) is 18.3. The Labute approximate surface area is 136 Å². The molecule has 0 atom stereocenters. The van der Waals surface area contributed by atoms with Gasteiger partial charge >= 0.3 is 12.1 Å². The summed E-state index contributed by atoms with van der Waals surface area (Å²) in [6.07, 6.45) is 3.67. The summed E-state index contributed by atoms with van der Waals surface area (Å²) in [6, 6.07) is 20.1. The molecule has 0 heterocycles. The van der Waals surface area contributed by atoms with E-state index in [0.717, 1.165) is 24.8 Å². The Morgan fingerprint density at radius 3 is 1.91 bits per heavy atom. The van der Waals surface area contributed by atoms with E-state index in [0.29, 0.717) is 13.0 Å². The van der Waals surface area contributed by atoms with E-state index in [2.05, 4.69) is 12.1 Å². The Bertz CT molecular complexity index is 587. The van der Waals surface area contributed by atoms with Gasteiger partial charge in [-0.2, -0.15) is 9.59 Å². The summed E-state index contributed by atoms with van der Waals surface area (Å²) < 4.78 is 5.24. The molecule has 4 nitrogen and oxygen atoms in total. The number of ether oxygens (including phenoxy) is 1. The van der Waals surface area contributed by atoms with Crippen molar-refractivity contribution in [1.82, 2.24) is 0 Å². The number of carbonyl (C=O) groups is 1. The average Bonchev–Trinajstić information content (AvgIpc) is 2.59. The van der Waals surface area contributed by atoms with Crippen molar-refractivity contribution in [3.8, 4) is 0 Å². The first-order valence-electron chi connectivity index (χ1n) is 7.49. The van der Waals surface area contributed by atoms with Crippen molar-refractivity contribution in [1.29, 1.82) is 0 Å². The summed E-state index contributed by atoms with van der Waals surface area (Å²) >= 11 is 0. The molecule has 23 heavy (non-hydrogen) atoms. The molecular formula is C19H20O4. The average molecular weight is 312 g/mol. The van der Waals surface area contributed by atoms with Crippen LogP contribution in [0.15, 0.2) is 60.7 Å². The van der Waals surface area contributed by atoms with Gasteiger partial charge in [0, 0.05) is 6.42 Å². The van der Waals surface area contributed by atoms with Gasteiger partial charge in [0.2, 0.25) is 0 Å². The standard InChI is InChI=1S/C18H20O2.CO2/c19-18(20-15-17-12-5-2-6-13-17)14-8-7-11-16-9-3-1-4-10-16;2-1-3/h1-6,9-10,12-13H,7-8,11,14-15H2;. The van der Waals surface area contributed by atoms with Crippen molar-refractivity contribution >= 4 is 12.1 Å². The SMILES string of the molecule is O=C(CCCCc1ccccc1)OCc1ccccc1.O=C=O. The third-order valence-electron chi connectivity index (χ3n) is 3.18. The molecule has 0 aliphatic heterocycles. The zero-order valence-electron chi connectivity index (χ0n) is 12.9. The lowest BCUT2D eigenvalue weighted by Crippen LogP contribution is -2.04. The maximum atomic E-state index is 11.6. The molecule has 4 heteroatoms. The molecule has 120 valence electrons. The highest BCUT2D eigenvalue weighted by Gasteiger charge is 2.03. The fourth-order valence-corrected chi connectivity index (χ4v) is 2.05. The summed E-state index contributed by atoms with van der Waals surface area (Å²) in [4.78, 5) is 27.9. The van der Waals surface area contributed by atoms with Gasteiger partial charge in [-0.3, -0.25) is 4.79 Å². The molecule has 2 aromatic carbocycles. The highest BCUT2D eigenvalue weighted by Crippen LogP contribution is 2.08. The summed E-state index contributed by atoms with van der Waals surface area (Å²) in [7, 11) is 0. The molecule has 0 amide bonds. The smallest absolute Gasteiger partial charge is 0.373 e. The lowest BCUT2D eigenvalue weighted by molar-refractivity contribution is -0.191. The Hall–Kier alpha value is -2.71. The third kappa shape index (κ3) is 9.02. The number of hydrogen-bond donors (Lipinski definition) is 0. The van der Waals surface area contributed by atoms with Crippen LogP contribution >= 0.6 is 0 Å². The second kappa shape index (κ2) is 11.9. The molecule has 0 saturated heterocycles. The van der Waals surface area contributed by atoms with Gasteiger partial charge in [0.05, 0.1) is 0 Å². The summed E-state index contributed by atoms with van der Waals surface area (Å²) in [5.41, 5.74) is 2.36. The topological polar surface area (TPSA) is 60.4 Å². The van der Waals surface area contributed by atoms with E-state index in [1.807, 2.05) is 48.5 Å². The van der Waals surface area contributed by atoms with Crippen molar-refractivity contribution in [2.24, 2.45) is 0 Å². The molecule has 0 radical (unpaired) electrons. The summed E-state index contributed by atoms with van der Waals surface area (Å²) in [6.45, 7) is 0.373. The zero-order valence-corrected chi connectivity index (χ0v) is 12.9. The van der Waals surface area contributed by atoms with E-state index in [1.165, 1.54) is 5.56 Å².